The first kappa shape index (κ1) is 17.2. The number of likely N-dealkylation sites (tertiary alicyclic amines) is 1. The number of carbonyl (C=O) groups is 1. The Morgan fingerprint density at radius 2 is 2.27 bits per heavy atom. The van der Waals surface area contributed by atoms with Crippen LogP contribution in [0.15, 0.2) is 22.8 Å². The van der Waals surface area contributed by atoms with Gasteiger partial charge in [-0.3, -0.25) is 0 Å². The van der Waals surface area contributed by atoms with Gasteiger partial charge in [0.25, 0.3) is 0 Å². The predicted molar refractivity (Wildman–Crippen MR) is 89.6 cm³/mol. The lowest BCUT2D eigenvalue weighted by Gasteiger charge is -2.28. The number of carbonyl (C=O) groups excluding carboxylic acids is 1. The molecule has 1 saturated heterocycles. The third-order valence-corrected chi connectivity index (χ3v) is 3.91. The number of nitrogens with one attached hydrogen (secondary N) is 1. The van der Waals surface area contributed by atoms with Gasteiger partial charge in [-0.1, -0.05) is 6.07 Å². The molecule has 122 valence electrons. The van der Waals surface area contributed by atoms with Crippen molar-refractivity contribution in [2.24, 2.45) is 0 Å². The molecule has 0 aliphatic carbocycles. The van der Waals surface area contributed by atoms with Crippen molar-refractivity contribution < 1.29 is 9.53 Å². The maximum atomic E-state index is 12.2. The molecule has 0 aromatic carbocycles. The van der Waals surface area contributed by atoms with Gasteiger partial charge in [0.1, 0.15) is 10.2 Å². The first-order valence-electron chi connectivity index (χ1n) is 7.67. The molecule has 5 nitrogen and oxygen atoms in total. The molecule has 1 atom stereocenters. The monoisotopic (exact) mass is 369 g/mol. The van der Waals surface area contributed by atoms with E-state index in [0.717, 1.165) is 36.2 Å². The average molecular weight is 370 g/mol. The summed E-state index contributed by atoms with van der Waals surface area (Å²) in [5.74, 6) is 0. The van der Waals surface area contributed by atoms with E-state index in [-0.39, 0.29) is 12.1 Å². The van der Waals surface area contributed by atoms with Crippen molar-refractivity contribution in [3.63, 3.8) is 0 Å². The van der Waals surface area contributed by atoms with Crippen LogP contribution in [-0.4, -0.2) is 40.7 Å². The maximum Gasteiger partial charge on any atom is 0.410 e. The van der Waals surface area contributed by atoms with E-state index < -0.39 is 5.60 Å². The number of rotatable bonds is 4. The van der Waals surface area contributed by atoms with Crippen LogP contribution in [0.4, 0.5) is 4.79 Å². The topological polar surface area (TPSA) is 54.5 Å². The standard InChI is InChI=1S/C16H24BrN3O2/c1-16(2,3)22-15(21)20-9-5-7-13(20)11-18-10-12-6-4-8-14(17)19-12/h4,6,8,13,18H,5,7,9-11H2,1-3H3. The molecule has 22 heavy (non-hydrogen) atoms. The molecular formula is C16H24BrN3O2. The minimum absolute atomic E-state index is 0.196. The number of ether oxygens (including phenoxy) is 1. The van der Waals surface area contributed by atoms with E-state index >= 15 is 0 Å². The average Bonchev–Trinajstić information content (AvgIpc) is 2.85. The smallest absolute Gasteiger partial charge is 0.410 e. The van der Waals surface area contributed by atoms with Crippen molar-refractivity contribution in [2.75, 3.05) is 13.1 Å². The second-order valence-electron chi connectivity index (χ2n) is 6.55. The van der Waals surface area contributed by atoms with Gasteiger partial charge in [0, 0.05) is 25.7 Å². The lowest BCUT2D eigenvalue weighted by atomic mass is 10.2. The zero-order valence-corrected chi connectivity index (χ0v) is 15.0. The van der Waals surface area contributed by atoms with Gasteiger partial charge < -0.3 is 15.0 Å². The highest BCUT2D eigenvalue weighted by Gasteiger charge is 2.31. The van der Waals surface area contributed by atoms with Crippen molar-refractivity contribution in [3.8, 4) is 0 Å². The van der Waals surface area contributed by atoms with Gasteiger partial charge in [-0.25, -0.2) is 9.78 Å². The van der Waals surface area contributed by atoms with Crippen LogP contribution in [0, 0.1) is 0 Å². The lowest BCUT2D eigenvalue weighted by molar-refractivity contribution is 0.0226. The summed E-state index contributed by atoms with van der Waals surface area (Å²) in [6.07, 6.45) is 1.83. The molecule has 0 bridgehead atoms. The molecule has 1 N–H and O–H groups in total. The summed E-state index contributed by atoms with van der Waals surface area (Å²) in [6.45, 7) is 7.91. The summed E-state index contributed by atoms with van der Waals surface area (Å²) in [7, 11) is 0. The van der Waals surface area contributed by atoms with E-state index in [4.69, 9.17) is 4.74 Å². The molecule has 1 aromatic rings. The van der Waals surface area contributed by atoms with Gasteiger partial charge in [0.2, 0.25) is 0 Å². The molecule has 1 unspecified atom stereocenters. The molecule has 1 aliphatic heterocycles. The van der Waals surface area contributed by atoms with Gasteiger partial charge in [0.05, 0.1) is 5.69 Å². The number of halogens is 1. The van der Waals surface area contributed by atoms with Crippen LogP contribution < -0.4 is 5.32 Å². The van der Waals surface area contributed by atoms with Crippen LogP contribution in [0.2, 0.25) is 0 Å². The predicted octanol–water partition coefficient (Wildman–Crippen LogP) is 3.33. The zero-order chi connectivity index (χ0) is 16.2. The van der Waals surface area contributed by atoms with Crippen LogP contribution in [-0.2, 0) is 11.3 Å². The van der Waals surface area contributed by atoms with Crippen molar-refractivity contribution >= 4 is 22.0 Å². The number of aromatic nitrogens is 1. The molecule has 0 radical (unpaired) electrons. The third kappa shape index (κ3) is 5.25. The van der Waals surface area contributed by atoms with Crippen LogP contribution >= 0.6 is 15.9 Å². The highest BCUT2D eigenvalue weighted by molar-refractivity contribution is 9.10. The van der Waals surface area contributed by atoms with Crippen molar-refractivity contribution in [2.45, 2.75) is 51.8 Å². The largest absolute Gasteiger partial charge is 0.444 e. The summed E-state index contributed by atoms with van der Waals surface area (Å²) in [5.41, 5.74) is 0.536. The molecule has 0 saturated carbocycles. The quantitative estimate of drug-likeness (QED) is 0.826. The van der Waals surface area contributed by atoms with Gasteiger partial charge in [-0.05, 0) is 61.7 Å². The van der Waals surface area contributed by atoms with Gasteiger partial charge in [0.15, 0.2) is 0 Å². The van der Waals surface area contributed by atoms with Gasteiger partial charge in [-0.15, -0.1) is 0 Å². The Kier molecular flexibility index (Phi) is 5.81. The summed E-state index contributed by atoms with van der Waals surface area (Å²) in [5, 5.41) is 3.39. The summed E-state index contributed by atoms with van der Waals surface area (Å²) in [6, 6.07) is 6.06. The molecule has 6 heteroatoms. The fourth-order valence-electron chi connectivity index (χ4n) is 2.52. The number of pyridine rings is 1. The van der Waals surface area contributed by atoms with E-state index in [9.17, 15) is 4.79 Å². The second kappa shape index (κ2) is 7.42. The number of nitrogens with zero attached hydrogens (tertiary/aromatic N) is 2. The van der Waals surface area contributed by atoms with E-state index in [2.05, 4.69) is 26.2 Å². The molecule has 2 rings (SSSR count). The first-order valence-corrected chi connectivity index (χ1v) is 8.46. The minimum Gasteiger partial charge on any atom is -0.444 e. The van der Waals surface area contributed by atoms with Crippen LogP contribution in [0.3, 0.4) is 0 Å². The highest BCUT2D eigenvalue weighted by Crippen LogP contribution is 2.20. The Labute approximate surface area is 140 Å². The Bertz CT molecular complexity index is 516. The molecule has 0 spiro atoms. The number of amides is 1. The Morgan fingerprint density at radius 1 is 1.50 bits per heavy atom. The van der Waals surface area contributed by atoms with Crippen molar-refractivity contribution in [1.82, 2.24) is 15.2 Å². The summed E-state index contributed by atoms with van der Waals surface area (Å²) >= 11 is 3.37. The SMILES string of the molecule is CC(C)(C)OC(=O)N1CCCC1CNCc1cccc(Br)n1. The Morgan fingerprint density at radius 3 is 2.95 bits per heavy atom. The van der Waals surface area contributed by atoms with Gasteiger partial charge >= 0.3 is 6.09 Å². The van der Waals surface area contributed by atoms with E-state index in [1.807, 2.05) is 43.9 Å². The van der Waals surface area contributed by atoms with E-state index in [0.29, 0.717) is 6.54 Å². The fourth-order valence-corrected chi connectivity index (χ4v) is 2.90. The molecule has 2 heterocycles. The van der Waals surface area contributed by atoms with Crippen molar-refractivity contribution in [3.05, 3.63) is 28.5 Å². The van der Waals surface area contributed by atoms with Crippen LogP contribution in [0.5, 0.6) is 0 Å². The summed E-state index contributed by atoms with van der Waals surface area (Å²) < 4.78 is 6.31. The zero-order valence-electron chi connectivity index (χ0n) is 13.4. The molecular weight excluding hydrogens is 346 g/mol. The molecule has 1 aliphatic rings. The van der Waals surface area contributed by atoms with Crippen LogP contribution in [0.25, 0.3) is 0 Å². The highest BCUT2D eigenvalue weighted by atomic mass is 79.9. The van der Waals surface area contributed by atoms with E-state index in [1.54, 1.807) is 0 Å². The normalized spacial score (nSPS) is 18.5. The second-order valence-corrected chi connectivity index (χ2v) is 7.36. The maximum absolute atomic E-state index is 12.2. The lowest BCUT2D eigenvalue weighted by Crippen LogP contribution is -2.44. The van der Waals surface area contributed by atoms with E-state index in [1.165, 1.54) is 0 Å². The fraction of sp³-hybridized carbons (Fsp3) is 0.625. The summed E-state index contributed by atoms with van der Waals surface area (Å²) in [4.78, 5) is 18.4. The first-order chi connectivity index (χ1) is 10.3. The van der Waals surface area contributed by atoms with Crippen LogP contribution in [0.1, 0.15) is 39.3 Å². The molecule has 1 amide bonds. The minimum atomic E-state index is -0.447. The number of hydrogen-bond acceptors (Lipinski definition) is 4. The Balaban J connectivity index is 1.82. The number of hydrogen-bond donors (Lipinski definition) is 1. The third-order valence-electron chi connectivity index (χ3n) is 3.46. The van der Waals surface area contributed by atoms with Crippen molar-refractivity contribution in [1.29, 1.82) is 0 Å². The molecule has 1 aromatic heterocycles. The Hall–Kier alpha value is -1.14. The molecule has 1 fully saturated rings. The van der Waals surface area contributed by atoms with Gasteiger partial charge in [-0.2, -0.15) is 0 Å².